The first-order valence-electron chi connectivity index (χ1n) is 4.83. The van der Waals surface area contributed by atoms with E-state index >= 15 is 0 Å². The molecule has 0 aliphatic carbocycles. The molecule has 4 heteroatoms. The molecule has 0 fully saturated rings. The molecule has 0 radical (unpaired) electrons. The van der Waals surface area contributed by atoms with Crippen LogP contribution in [-0.4, -0.2) is 27.2 Å². The van der Waals surface area contributed by atoms with Crippen LogP contribution in [0.4, 0.5) is 0 Å². The van der Waals surface area contributed by atoms with Crippen molar-refractivity contribution in [1.29, 1.82) is 0 Å². The van der Waals surface area contributed by atoms with Crippen molar-refractivity contribution in [2.75, 3.05) is 12.0 Å². The summed E-state index contributed by atoms with van der Waals surface area (Å²) in [5, 5.41) is 3.39. The highest BCUT2D eigenvalue weighted by molar-refractivity contribution is 7.84. The van der Waals surface area contributed by atoms with Crippen LogP contribution in [0.15, 0.2) is 18.5 Å². The minimum Gasteiger partial charge on any atom is -0.367 e. The van der Waals surface area contributed by atoms with E-state index in [1.165, 1.54) is 5.56 Å². The summed E-state index contributed by atoms with van der Waals surface area (Å²) in [5.41, 5.74) is 1.26. The van der Waals surface area contributed by atoms with Crippen LogP contribution < -0.4 is 5.32 Å². The van der Waals surface area contributed by atoms with Crippen LogP contribution in [0.3, 0.4) is 0 Å². The molecule has 1 rings (SSSR count). The van der Waals surface area contributed by atoms with Gasteiger partial charge in [-0.2, -0.15) is 0 Å². The van der Waals surface area contributed by atoms with Gasteiger partial charge < -0.3 is 10.3 Å². The Labute approximate surface area is 87.8 Å². The maximum Gasteiger partial charge on any atom is 0.0246 e. The zero-order valence-electron chi connectivity index (χ0n) is 8.75. The number of nitrogens with one attached hydrogen (secondary N) is 2. The van der Waals surface area contributed by atoms with Crippen LogP contribution in [0.1, 0.15) is 18.9 Å². The zero-order chi connectivity index (χ0) is 10.4. The van der Waals surface area contributed by atoms with E-state index in [9.17, 15) is 4.21 Å². The molecule has 2 atom stereocenters. The molecular formula is C10H18N2OS. The Morgan fingerprint density at radius 3 is 3.00 bits per heavy atom. The predicted molar refractivity (Wildman–Crippen MR) is 60.6 cm³/mol. The van der Waals surface area contributed by atoms with Gasteiger partial charge in [-0.05, 0) is 25.0 Å². The second-order valence-electron chi connectivity index (χ2n) is 3.57. The van der Waals surface area contributed by atoms with Gasteiger partial charge in [-0.1, -0.05) is 0 Å². The maximum absolute atomic E-state index is 10.9. The highest BCUT2D eigenvalue weighted by Crippen LogP contribution is 1.98. The average Bonchev–Trinajstić information content (AvgIpc) is 2.63. The van der Waals surface area contributed by atoms with E-state index in [2.05, 4.69) is 23.3 Å². The van der Waals surface area contributed by atoms with E-state index in [1.54, 1.807) is 6.26 Å². The Bertz CT molecular complexity index is 272. The zero-order valence-corrected chi connectivity index (χ0v) is 9.56. The van der Waals surface area contributed by atoms with Crippen LogP contribution in [0.25, 0.3) is 0 Å². The summed E-state index contributed by atoms with van der Waals surface area (Å²) >= 11 is 0. The monoisotopic (exact) mass is 214 g/mol. The summed E-state index contributed by atoms with van der Waals surface area (Å²) in [7, 11) is -0.673. The van der Waals surface area contributed by atoms with Gasteiger partial charge in [0.2, 0.25) is 0 Å². The quantitative estimate of drug-likeness (QED) is 0.749. The first kappa shape index (κ1) is 11.5. The molecule has 0 saturated carbocycles. The third kappa shape index (κ3) is 4.58. The van der Waals surface area contributed by atoms with E-state index in [4.69, 9.17) is 0 Å². The molecule has 0 aliphatic rings. The van der Waals surface area contributed by atoms with E-state index in [-0.39, 0.29) is 0 Å². The normalized spacial score (nSPS) is 15.3. The summed E-state index contributed by atoms with van der Waals surface area (Å²) in [6.45, 7) is 3.00. The molecule has 1 aromatic rings. The molecule has 3 nitrogen and oxygen atoms in total. The first-order valence-corrected chi connectivity index (χ1v) is 6.56. The van der Waals surface area contributed by atoms with Crippen molar-refractivity contribution in [2.24, 2.45) is 0 Å². The standard InChI is InChI=1S/C10H18N2OS/c1-9(4-6-14(2)13)12-8-10-3-5-11-7-10/h3,5,7,9,11-12H,4,6,8H2,1-2H3. The Hall–Kier alpha value is -0.610. The van der Waals surface area contributed by atoms with Crippen molar-refractivity contribution in [1.82, 2.24) is 10.3 Å². The Kier molecular flexibility index (Phi) is 4.90. The van der Waals surface area contributed by atoms with E-state index < -0.39 is 10.8 Å². The smallest absolute Gasteiger partial charge is 0.0246 e. The molecule has 2 N–H and O–H groups in total. The molecule has 1 heterocycles. The van der Waals surface area contributed by atoms with Crippen molar-refractivity contribution in [3.63, 3.8) is 0 Å². The topological polar surface area (TPSA) is 44.9 Å². The van der Waals surface area contributed by atoms with E-state index in [1.807, 2.05) is 12.4 Å². The molecular weight excluding hydrogens is 196 g/mol. The molecule has 0 aromatic carbocycles. The van der Waals surface area contributed by atoms with Gasteiger partial charge in [-0.3, -0.25) is 4.21 Å². The van der Waals surface area contributed by atoms with E-state index in [0.29, 0.717) is 6.04 Å². The molecule has 14 heavy (non-hydrogen) atoms. The molecule has 0 aliphatic heterocycles. The minimum atomic E-state index is -0.673. The molecule has 0 saturated heterocycles. The van der Waals surface area contributed by atoms with Crippen LogP contribution in [0.2, 0.25) is 0 Å². The van der Waals surface area contributed by atoms with Gasteiger partial charge in [0.1, 0.15) is 0 Å². The number of hydrogen-bond acceptors (Lipinski definition) is 2. The molecule has 0 amide bonds. The van der Waals surface area contributed by atoms with Crippen molar-refractivity contribution in [2.45, 2.75) is 25.9 Å². The van der Waals surface area contributed by atoms with Crippen molar-refractivity contribution in [3.8, 4) is 0 Å². The number of aromatic nitrogens is 1. The van der Waals surface area contributed by atoms with Gasteiger partial charge in [-0.15, -0.1) is 0 Å². The Balaban J connectivity index is 2.15. The average molecular weight is 214 g/mol. The lowest BCUT2D eigenvalue weighted by Gasteiger charge is -2.11. The van der Waals surface area contributed by atoms with Gasteiger partial charge >= 0.3 is 0 Å². The summed E-state index contributed by atoms with van der Waals surface area (Å²) in [5.74, 6) is 0.779. The van der Waals surface area contributed by atoms with Gasteiger partial charge in [0.05, 0.1) is 0 Å². The Morgan fingerprint density at radius 2 is 2.43 bits per heavy atom. The SMILES string of the molecule is CC(CCS(C)=O)NCc1cc[nH]c1. The fourth-order valence-electron chi connectivity index (χ4n) is 1.21. The van der Waals surface area contributed by atoms with Crippen LogP contribution in [-0.2, 0) is 17.3 Å². The van der Waals surface area contributed by atoms with Crippen LogP contribution in [0, 0.1) is 0 Å². The number of H-pyrrole nitrogens is 1. The van der Waals surface area contributed by atoms with Crippen molar-refractivity contribution >= 4 is 10.8 Å². The molecule has 0 spiro atoms. The number of hydrogen-bond donors (Lipinski definition) is 2. The predicted octanol–water partition coefficient (Wildman–Crippen LogP) is 1.26. The molecule has 2 unspecified atom stereocenters. The number of rotatable bonds is 6. The second kappa shape index (κ2) is 5.98. The third-order valence-corrected chi connectivity index (χ3v) is 2.97. The fraction of sp³-hybridized carbons (Fsp3) is 0.600. The second-order valence-corrected chi connectivity index (χ2v) is 5.12. The summed E-state index contributed by atoms with van der Waals surface area (Å²) in [6.07, 6.45) is 6.62. The van der Waals surface area contributed by atoms with Crippen molar-refractivity contribution in [3.05, 3.63) is 24.0 Å². The van der Waals surface area contributed by atoms with Crippen LogP contribution >= 0.6 is 0 Å². The first-order chi connectivity index (χ1) is 6.68. The maximum atomic E-state index is 10.9. The lowest BCUT2D eigenvalue weighted by atomic mass is 10.2. The van der Waals surface area contributed by atoms with Gasteiger partial charge in [-0.25, -0.2) is 0 Å². The largest absolute Gasteiger partial charge is 0.367 e. The minimum absolute atomic E-state index is 0.425. The lowest BCUT2D eigenvalue weighted by Crippen LogP contribution is -2.26. The third-order valence-electron chi connectivity index (χ3n) is 2.16. The summed E-state index contributed by atoms with van der Waals surface area (Å²) in [4.78, 5) is 3.02. The van der Waals surface area contributed by atoms with Gasteiger partial charge in [0, 0.05) is 47.8 Å². The van der Waals surface area contributed by atoms with Crippen LogP contribution in [0.5, 0.6) is 0 Å². The highest BCUT2D eigenvalue weighted by Gasteiger charge is 2.02. The fourth-order valence-corrected chi connectivity index (χ4v) is 1.89. The lowest BCUT2D eigenvalue weighted by molar-refractivity contribution is 0.535. The summed E-state index contributed by atoms with van der Waals surface area (Å²) < 4.78 is 10.9. The highest BCUT2D eigenvalue weighted by atomic mass is 32.2. The molecule has 1 aromatic heterocycles. The number of aromatic amines is 1. The van der Waals surface area contributed by atoms with Gasteiger partial charge in [0.15, 0.2) is 0 Å². The van der Waals surface area contributed by atoms with Gasteiger partial charge in [0.25, 0.3) is 0 Å². The molecule has 0 bridgehead atoms. The molecule has 80 valence electrons. The van der Waals surface area contributed by atoms with E-state index in [0.717, 1.165) is 18.7 Å². The Morgan fingerprint density at radius 1 is 1.64 bits per heavy atom. The van der Waals surface area contributed by atoms with Crippen molar-refractivity contribution < 1.29 is 4.21 Å². The summed E-state index contributed by atoms with van der Waals surface area (Å²) in [6, 6.07) is 2.48.